The number of methoxy groups -OCH3 is 1. The van der Waals surface area contributed by atoms with E-state index in [0.717, 1.165) is 11.4 Å². The maximum absolute atomic E-state index is 11.2. The Bertz CT molecular complexity index is 506. The van der Waals surface area contributed by atoms with Crippen molar-refractivity contribution >= 4 is 5.97 Å². The van der Waals surface area contributed by atoms with E-state index in [1.54, 1.807) is 6.07 Å². The summed E-state index contributed by atoms with van der Waals surface area (Å²) in [6.07, 6.45) is 0. The van der Waals surface area contributed by atoms with Gasteiger partial charge in [-0.3, -0.25) is 0 Å². The van der Waals surface area contributed by atoms with Crippen LogP contribution in [0.3, 0.4) is 0 Å². The third-order valence-electron chi connectivity index (χ3n) is 2.38. The van der Waals surface area contributed by atoms with E-state index in [0.29, 0.717) is 5.82 Å². The van der Waals surface area contributed by atoms with Gasteiger partial charge in [0.15, 0.2) is 5.82 Å². The first-order valence-corrected chi connectivity index (χ1v) is 4.84. The number of nitrogens with zero attached hydrogens (tertiary/aromatic N) is 2. The van der Waals surface area contributed by atoms with Gasteiger partial charge in [0.2, 0.25) is 5.76 Å². The average Bonchev–Trinajstić information content (AvgIpc) is 2.85. The molecule has 84 valence electrons. The number of aromatic nitrogens is 2. The normalized spacial score (nSPS) is 10.4. The molecular formula is C11H12N2O3. The molecule has 0 amide bonds. The van der Waals surface area contributed by atoms with Crippen LogP contribution < -0.4 is 0 Å². The third kappa shape index (κ3) is 1.60. The Balaban J connectivity index is 2.43. The zero-order chi connectivity index (χ0) is 11.7. The highest BCUT2D eigenvalue weighted by molar-refractivity contribution is 5.86. The summed E-state index contributed by atoms with van der Waals surface area (Å²) < 4.78 is 11.3. The number of ether oxygens (including phenoxy) is 1. The Morgan fingerprint density at radius 1 is 1.38 bits per heavy atom. The molecule has 0 aromatic carbocycles. The van der Waals surface area contributed by atoms with Gasteiger partial charge in [-0.2, -0.15) is 0 Å². The van der Waals surface area contributed by atoms with E-state index in [9.17, 15) is 4.79 Å². The van der Waals surface area contributed by atoms with Crippen molar-refractivity contribution < 1.29 is 14.1 Å². The van der Waals surface area contributed by atoms with Gasteiger partial charge >= 0.3 is 5.97 Å². The first-order valence-electron chi connectivity index (χ1n) is 4.84. The van der Waals surface area contributed by atoms with E-state index in [2.05, 4.69) is 9.89 Å². The molecule has 0 spiro atoms. The molecule has 0 aliphatic heterocycles. The highest BCUT2D eigenvalue weighted by atomic mass is 16.5. The summed E-state index contributed by atoms with van der Waals surface area (Å²) in [6.45, 7) is 3.92. The van der Waals surface area contributed by atoms with Gasteiger partial charge in [-0.05, 0) is 26.0 Å². The van der Waals surface area contributed by atoms with Gasteiger partial charge in [0.1, 0.15) is 0 Å². The van der Waals surface area contributed by atoms with Crippen LogP contribution in [0.2, 0.25) is 0 Å². The van der Waals surface area contributed by atoms with Crippen LogP contribution in [0.5, 0.6) is 0 Å². The van der Waals surface area contributed by atoms with E-state index >= 15 is 0 Å². The summed E-state index contributed by atoms with van der Waals surface area (Å²) in [6, 6.07) is 5.51. The fourth-order valence-electron chi connectivity index (χ4n) is 1.60. The van der Waals surface area contributed by atoms with Crippen molar-refractivity contribution in [2.24, 2.45) is 0 Å². The summed E-state index contributed by atoms with van der Waals surface area (Å²) in [5, 5.41) is 3.84. The van der Waals surface area contributed by atoms with Crippen molar-refractivity contribution in [2.45, 2.75) is 13.8 Å². The summed E-state index contributed by atoms with van der Waals surface area (Å²) in [7, 11) is 1.30. The Morgan fingerprint density at radius 3 is 2.56 bits per heavy atom. The van der Waals surface area contributed by atoms with Crippen LogP contribution in [-0.2, 0) is 4.74 Å². The summed E-state index contributed by atoms with van der Waals surface area (Å²) in [4.78, 5) is 11.2. The van der Waals surface area contributed by atoms with E-state index in [1.165, 1.54) is 7.11 Å². The lowest BCUT2D eigenvalue weighted by Gasteiger charge is -2.02. The SMILES string of the molecule is COC(=O)c1cc(-n2c(C)ccc2C)no1. The van der Waals surface area contributed by atoms with Crippen molar-refractivity contribution in [1.82, 2.24) is 9.72 Å². The van der Waals surface area contributed by atoms with Gasteiger partial charge in [-0.1, -0.05) is 5.16 Å². The molecule has 16 heavy (non-hydrogen) atoms. The highest BCUT2D eigenvalue weighted by Gasteiger charge is 2.15. The minimum Gasteiger partial charge on any atom is -0.463 e. The molecule has 0 fully saturated rings. The van der Waals surface area contributed by atoms with Gasteiger partial charge in [0.05, 0.1) is 7.11 Å². The Labute approximate surface area is 92.6 Å². The van der Waals surface area contributed by atoms with Gasteiger partial charge in [-0.25, -0.2) is 4.79 Å². The molecule has 0 saturated carbocycles. The maximum atomic E-state index is 11.2. The van der Waals surface area contributed by atoms with Gasteiger partial charge < -0.3 is 13.8 Å². The number of hydrogen-bond donors (Lipinski definition) is 0. The number of esters is 1. The molecule has 0 saturated heterocycles. The van der Waals surface area contributed by atoms with Crippen LogP contribution in [0, 0.1) is 13.8 Å². The molecule has 2 aromatic heterocycles. The van der Waals surface area contributed by atoms with Gasteiger partial charge in [-0.15, -0.1) is 0 Å². The number of hydrogen-bond acceptors (Lipinski definition) is 4. The minimum atomic E-state index is -0.527. The smallest absolute Gasteiger partial charge is 0.376 e. The van der Waals surface area contributed by atoms with Crippen LogP contribution >= 0.6 is 0 Å². The quantitative estimate of drug-likeness (QED) is 0.725. The summed E-state index contributed by atoms with van der Waals surface area (Å²) in [5.74, 6) is 0.159. The van der Waals surface area contributed by atoms with Crippen molar-refractivity contribution in [3.8, 4) is 5.82 Å². The third-order valence-corrected chi connectivity index (χ3v) is 2.38. The molecule has 0 unspecified atom stereocenters. The standard InChI is InChI=1S/C11H12N2O3/c1-7-4-5-8(2)13(7)10-6-9(16-12-10)11(14)15-3/h4-6H,1-3H3. The molecule has 0 radical (unpaired) electrons. The number of aryl methyl sites for hydroxylation is 2. The monoisotopic (exact) mass is 220 g/mol. The van der Waals surface area contributed by atoms with Crippen molar-refractivity contribution in [3.63, 3.8) is 0 Å². The Hall–Kier alpha value is -2.04. The van der Waals surface area contributed by atoms with E-state index in [1.807, 2.05) is 30.5 Å². The molecule has 0 aliphatic rings. The fourth-order valence-corrected chi connectivity index (χ4v) is 1.60. The van der Waals surface area contributed by atoms with Crippen LogP contribution in [-0.4, -0.2) is 22.8 Å². The number of rotatable bonds is 2. The highest BCUT2D eigenvalue weighted by Crippen LogP contribution is 2.16. The second-order valence-corrected chi connectivity index (χ2v) is 3.49. The molecule has 0 atom stereocenters. The molecule has 2 rings (SSSR count). The Morgan fingerprint density at radius 2 is 2.00 bits per heavy atom. The lowest BCUT2D eigenvalue weighted by atomic mass is 10.4. The van der Waals surface area contributed by atoms with Crippen molar-refractivity contribution in [3.05, 3.63) is 35.3 Å². The first-order chi connectivity index (χ1) is 7.63. The molecular weight excluding hydrogens is 208 g/mol. The predicted molar refractivity (Wildman–Crippen MR) is 56.6 cm³/mol. The second kappa shape index (κ2) is 3.84. The molecule has 2 aromatic rings. The molecule has 0 N–H and O–H groups in total. The topological polar surface area (TPSA) is 57.3 Å². The van der Waals surface area contributed by atoms with Crippen molar-refractivity contribution in [2.75, 3.05) is 7.11 Å². The minimum absolute atomic E-state index is 0.102. The molecule has 5 nitrogen and oxygen atoms in total. The van der Waals surface area contributed by atoms with E-state index in [4.69, 9.17) is 4.52 Å². The maximum Gasteiger partial charge on any atom is 0.376 e. The fraction of sp³-hybridized carbons (Fsp3) is 0.273. The second-order valence-electron chi connectivity index (χ2n) is 3.49. The van der Waals surface area contributed by atoms with Gasteiger partial charge in [0.25, 0.3) is 0 Å². The van der Waals surface area contributed by atoms with Crippen LogP contribution in [0.1, 0.15) is 21.9 Å². The van der Waals surface area contributed by atoms with E-state index in [-0.39, 0.29) is 5.76 Å². The average molecular weight is 220 g/mol. The summed E-state index contributed by atoms with van der Waals surface area (Å²) >= 11 is 0. The Kier molecular flexibility index (Phi) is 2.52. The predicted octanol–water partition coefficient (Wildman–Crippen LogP) is 1.87. The molecule has 2 heterocycles. The molecule has 0 aliphatic carbocycles. The lowest BCUT2D eigenvalue weighted by molar-refractivity contribution is 0.0554. The van der Waals surface area contributed by atoms with E-state index < -0.39 is 5.97 Å². The van der Waals surface area contributed by atoms with Crippen LogP contribution in [0.25, 0.3) is 5.82 Å². The van der Waals surface area contributed by atoms with Gasteiger partial charge in [0, 0.05) is 17.5 Å². The lowest BCUT2D eigenvalue weighted by Crippen LogP contribution is -2.00. The molecule has 5 heteroatoms. The number of carbonyl (C=O) groups excluding carboxylic acids is 1. The summed E-state index contributed by atoms with van der Waals surface area (Å²) in [5.41, 5.74) is 2.06. The zero-order valence-corrected chi connectivity index (χ0v) is 9.35. The largest absolute Gasteiger partial charge is 0.463 e. The van der Waals surface area contributed by atoms with Crippen molar-refractivity contribution in [1.29, 1.82) is 0 Å². The van der Waals surface area contributed by atoms with Crippen LogP contribution in [0.4, 0.5) is 0 Å². The first kappa shape index (κ1) is 10.5. The van der Waals surface area contributed by atoms with Crippen LogP contribution in [0.15, 0.2) is 22.7 Å². The number of carbonyl (C=O) groups is 1. The zero-order valence-electron chi connectivity index (χ0n) is 9.35. The molecule has 0 bridgehead atoms.